The summed E-state index contributed by atoms with van der Waals surface area (Å²) >= 11 is 0. The van der Waals surface area contributed by atoms with Gasteiger partial charge >= 0.3 is 0 Å². The van der Waals surface area contributed by atoms with E-state index in [0.717, 1.165) is 0 Å². The molecule has 3 amide bonds. The number of nitrogens with zero attached hydrogens (tertiary/aromatic N) is 2. The predicted molar refractivity (Wildman–Crippen MR) is 121 cm³/mol. The first-order valence-corrected chi connectivity index (χ1v) is 10.6. The van der Waals surface area contributed by atoms with Crippen LogP contribution in [0.3, 0.4) is 0 Å². The SMILES string of the molecule is O=C(NCCNc1ccc([N+](=O)[O-])cc1)c1cccc(N2NC(=O)C3CC=CCC3C2=O)c1. The fraction of sp³-hybridized carbons (Fsp3) is 0.261. The quantitative estimate of drug-likeness (QED) is 0.257. The summed E-state index contributed by atoms with van der Waals surface area (Å²) < 4.78 is 0. The number of nitro groups is 1. The Kier molecular flexibility index (Phi) is 6.34. The van der Waals surface area contributed by atoms with Gasteiger partial charge in [-0.1, -0.05) is 18.2 Å². The van der Waals surface area contributed by atoms with E-state index in [2.05, 4.69) is 16.1 Å². The number of allylic oxidation sites excluding steroid dienone is 2. The van der Waals surface area contributed by atoms with Crippen molar-refractivity contribution in [3.05, 3.63) is 76.4 Å². The highest BCUT2D eigenvalue weighted by molar-refractivity contribution is 6.05. The maximum absolute atomic E-state index is 12.9. The number of benzene rings is 2. The molecule has 2 atom stereocenters. The molecule has 2 unspecified atom stereocenters. The number of non-ortho nitro benzene ring substituents is 1. The van der Waals surface area contributed by atoms with Crippen molar-refractivity contribution < 1.29 is 19.3 Å². The van der Waals surface area contributed by atoms with E-state index in [4.69, 9.17) is 0 Å². The summed E-state index contributed by atoms with van der Waals surface area (Å²) in [5.41, 5.74) is 4.15. The monoisotopic (exact) mass is 449 g/mol. The van der Waals surface area contributed by atoms with Gasteiger partial charge in [0.15, 0.2) is 0 Å². The first-order valence-electron chi connectivity index (χ1n) is 10.6. The molecule has 33 heavy (non-hydrogen) atoms. The Morgan fingerprint density at radius 3 is 2.52 bits per heavy atom. The van der Waals surface area contributed by atoms with Gasteiger partial charge in [-0.3, -0.25) is 29.9 Å². The van der Waals surface area contributed by atoms with E-state index >= 15 is 0 Å². The van der Waals surface area contributed by atoms with Crippen molar-refractivity contribution in [3.8, 4) is 0 Å². The number of hydrogen-bond acceptors (Lipinski definition) is 6. The Hall–Kier alpha value is -4.21. The van der Waals surface area contributed by atoms with Crippen LogP contribution < -0.4 is 21.1 Å². The van der Waals surface area contributed by atoms with Crippen LogP contribution in [0.15, 0.2) is 60.7 Å². The van der Waals surface area contributed by atoms with E-state index in [9.17, 15) is 24.5 Å². The molecule has 1 aliphatic carbocycles. The minimum Gasteiger partial charge on any atom is -0.383 e. The Balaban J connectivity index is 1.34. The summed E-state index contributed by atoms with van der Waals surface area (Å²) in [4.78, 5) is 48.2. The third-order valence-electron chi connectivity index (χ3n) is 5.71. The minimum absolute atomic E-state index is 0.00702. The highest BCUT2D eigenvalue weighted by atomic mass is 16.6. The number of rotatable bonds is 7. The van der Waals surface area contributed by atoms with Crippen LogP contribution >= 0.6 is 0 Å². The second-order valence-electron chi connectivity index (χ2n) is 7.84. The topological polar surface area (TPSA) is 134 Å². The van der Waals surface area contributed by atoms with E-state index in [1.54, 1.807) is 36.4 Å². The van der Waals surface area contributed by atoms with Crippen LogP contribution in [-0.2, 0) is 9.59 Å². The fourth-order valence-electron chi connectivity index (χ4n) is 3.95. The number of fused-ring (bicyclic) bond motifs is 1. The number of carbonyl (C=O) groups excluding carboxylic acids is 3. The van der Waals surface area contributed by atoms with E-state index in [1.807, 2.05) is 12.2 Å². The lowest BCUT2D eigenvalue weighted by Gasteiger charge is -2.38. The van der Waals surface area contributed by atoms with E-state index in [1.165, 1.54) is 17.1 Å². The third-order valence-corrected chi connectivity index (χ3v) is 5.71. The molecule has 2 aliphatic rings. The molecule has 1 heterocycles. The van der Waals surface area contributed by atoms with Crippen LogP contribution in [0.4, 0.5) is 17.1 Å². The van der Waals surface area contributed by atoms with Gasteiger partial charge in [-0.2, -0.15) is 0 Å². The average molecular weight is 449 g/mol. The molecule has 170 valence electrons. The van der Waals surface area contributed by atoms with Crippen LogP contribution in [0.2, 0.25) is 0 Å². The zero-order valence-corrected chi connectivity index (χ0v) is 17.7. The van der Waals surface area contributed by atoms with Crippen LogP contribution in [0.25, 0.3) is 0 Å². The van der Waals surface area contributed by atoms with Gasteiger partial charge in [0.2, 0.25) is 11.8 Å². The summed E-state index contributed by atoms with van der Waals surface area (Å²) in [5.74, 6) is -1.46. The number of hydrazine groups is 1. The Bertz CT molecular complexity index is 1110. The molecule has 1 saturated heterocycles. The first kappa shape index (κ1) is 22.0. The number of hydrogen-bond donors (Lipinski definition) is 3. The van der Waals surface area contributed by atoms with Crippen molar-refractivity contribution in [2.24, 2.45) is 11.8 Å². The molecular formula is C23H23N5O5. The highest BCUT2D eigenvalue weighted by Crippen LogP contribution is 2.32. The van der Waals surface area contributed by atoms with Crippen LogP contribution in [0, 0.1) is 22.0 Å². The molecule has 2 aromatic rings. The van der Waals surface area contributed by atoms with Gasteiger partial charge in [-0.05, 0) is 43.2 Å². The van der Waals surface area contributed by atoms with Crippen LogP contribution in [0.5, 0.6) is 0 Å². The number of nitro benzene ring substituents is 1. The molecule has 0 spiro atoms. The molecular weight excluding hydrogens is 426 g/mol. The summed E-state index contributed by atoms with van der Waals surface area (Å²) in [6.07, 6.45) is 4.91. The van der Waals surface area contributed by atoms with Crippen LogP contribution in [-0.4, -0.2) is 35.7 Å². The Labute approximate surface area is 189 Å². The van der Waals surface area contributed by atoms with E-state index < -0.39 is 10.8 Å². The Morgan fingerprint density at radius 1 is 1.06 bits per heavy atom. The molecule has 1 aliphatic heterocycles. The van der Waals surface area contributed by atoms with Crippen molar-refractivity contribution in [2.75, 3.05) is 23.4 Å². The molecule has 10 nitrogen and oxygen atoms in total. The minimum atomic E-state index is -0.467. The maximum Gasteiger partial charge on any atom is 0.269 e. The molecule has 2 aromatic carbocycles. The zero-order valence-electron chi connectivity index (χ0n) is 17.7. The summed E-state index contributed by atoms with van der Waals surface area (Å²) in [7, 11) is 0. The summed E-state index contributed by atoms with van der Waals surface area (Å²) in [6.45, 7) is 0.732. The predicted octanol–water partition coefficient (Wildman–Crippen LogP) is 2.40. The summed E-state index contributed by atoms with van der Waals surface area (Å²) in [6, 6.07) is 12.5. The number of carbonyl (C=O) groups is 3. The number of amides is 3. The summed E-state index contributed by atoms with van der Waals surface area (Å²) in [5, 5.41) is 17.8. The molecule has 10 heteroatoms. The van der Waals surface area contributed by atoms with Gasteiger partial charge < -0.3 is 10.6 Å². The second kappa shape index (κ2) is 9.51. The lowest BCUT2D eigenvalue weighted by Crippen LogP contribution is -2.59. The smallest absolute Gasteiger partial charge is 0.269 e. The van der Waals surface area contributed by atoms with Crippen molar-refractivity contribution in [3.63, 3.8) is 0 Å². The third kappa shape index (κ3) is 4.84. The van der Waals surface area contributed by atoms with E-state index in [-0.39, 0.29) is 29.3 Å². The maximum atomic E-state index is 12.9. The molecule has 0 radical (unpaired) electrons. The van der Waals surface area contributed by atoms with Gasteiger partial charge in [0.25, 0.3) is 11.6 Å². The van der Waals surface area contributed by atoms with Gasteiger partial charge in [0.1, 0.15) is 0 Å². The lowest BCUT2D eigenvalue weighted by molar-refractivity contribution is -0.384. The van der Waals surface area contributed by atoms with Gasteiger partial charge in [0.05, 0.1) is 22.4 Å². The van der Waals surface area contributed by atoms with Crippen molar-refractivity contribution >= 4 is 34.8 Å². The van der Waals surface area contributed by atoms with Crippen LogP contribution in [0.1, 0.15) is 23.2 Å². The molecule has 0 aromatic heterocycles. The molecule has 0 saturated carbocycles. The van der Waals surface area contributed by atoms with Crippen molar-refractivity contribution in [2.45, 2.75) is 12.8 Å². The second-order valence-corrected chi connectivity index (χ2v) is 7.84. The largest absolute Gasteiger partial charge is 0.383 e. The highest BCUT2D eigenvalue weighted by Gasteiger charge is 2.42. The van der Waals surface area contributed by atoms with Gasteiger partial charge in [0, 0.05) is 36.5 Å². The molecule has 0 bridgehead atoms. The zero-order chi connectivity index (χ0) is 23.4. The van der Waals surface area contributed by atoms with Gasteiger partial charge in [-0.25, -0.2) is 5.01 Å². The van der Waals surface area contributed by atoms with E-state index in [0.29, 0.717) is 42.9 Å². The Morgan fingerprint density at radius 2 is 1.79 bits per heavy atom. The molecule has 4 rings (SSSR count). The first-order chi connectivity index (χ1) is 15.9. The normalized spacial score (nSPS) is 19.5. The lowest BCUT2D eigenvalue weighted by atomic mass is 9.80. The fourth-order valence-corrected chi connectivity index (χ4v) is 3.95. The van der Waals surface area contributed by atoms with Crippen molar-refractivity contribution in [1.82, 2.24) is 10.7 Å². The standard InChI is InChI=1S/C23H23N5O5/c29-21(25-13-12-24-16-8-10-17(11-9-16)28(32)33)15-4-3-5-18(14-15)27-23(31)20-7-2-1-6-19(20)22(30)26-27/h1-5,8-11,14,19-20,24H,6-7,12-13H2,(H,25,29)(H,26,30). The number of nitrogens with one attached hydrogen (secondary N) is 3. The molecule has 3 N–H and O–H groups in total. The average Bonchev–Trinajstić information content (AvgIpc) is 2.84. The van der Waals surface area contributed by atoms with Gasteiger partial charge in [-0.15, -0.1) is 0 Å². The molecule has 1 fully saturated rings. The van der Waals surface area contributed by atoms with Crippen molar-refractivity contribution in [1.29, 1.82) is 0 Å². The number of anilines is 2.